The molecule has 2 aliphatic heterocycles. The van der Waals surface area contributed by atoms with Gasteiger partial charge in [-0.15, -0.1) is 0 Å². The molecule has 0 unspecified atom stereocenters. The Bertz CT molecular complexity index is 310. The zero-order valence-electron chi connectivity index (χ0n) is 14.0. The molecule has 2 aliphatic rings. The first-order chi connectivity index (χ1) is 10.3. The highest BCUT2D eigenvalue weighted by atomic mass is 16.2. The molecule has 0 saturated carbocycles. The zero-order valence-corrected chi connectivity index (χ0v) is 14.0. The van der Waals surface area contributed by atoms with Crippen molar-refractivity contribution in [3.05, 3.63) is 0 Å². The van der Waals surface area contributed by atoms with Crippen molar-refractivity contribution < 1.29 is 4.79 Å². The molecule has 2 rings (SSSR count). The summed E-state index contributed by atoms with van der Waals surface area (Å²) < 4.78 is 0. The minimum Gasteiger partial charge on any atom is -0.342 e. The van der Waals surface area contributed by atoms with Crippen molar-refractivity contribution in [2.75, 3.05) is 26.2 Å². The van der Waals surface area contributed by atoms with Crippen molar-refractivity contribution in [1.29, 1.82) is 0 Å². The third-order valence-corrected chi connectivity index (χ3v) is 5.35. The van der Waals surface area contributed by atoms with Crippen LogP contribution >= 0.6 is 0 Å². The summed E-state index contributed by atoms with van der Waals surface area (Å²) in [6.45, 7) is 6.49. The summed E-state index contributed by atoms with van der Waals surface area (Å²) in [6.07, 6.45) is 13.9. The van der Waals surface area contributed by atoms with Crippen LogP contribution in [0.3, 0.4) is 0 Å². The van der Waals surface area contributed by atoms with Crippen LogP contribution in [-0.4, -0.2) is 37.0 Å². The molecule has 0 aliphatic carbocycles. The third kappa shape index (κ3) is 5.28. The second-order valence-electron chi connectivity index (χ2n) is 7.22. The smallest absolute Gasteiger partial charge is 0.223 e. The highest BCUT2D eigenvalue weighted by Crippen LogP contribution is 2.39. The summed E-state index contributed by atoms with van der Waals surface area (Å²) >= 11 is 0. The Balaban J connectivity index is 1.55. The fourth-order valence-corrected chi connectivity index (χ4v) is 3.91. The molecule has 0 aromatic carbocycles. The Kier molecular flexibility index (Phi) is 7.01. The lowest BCUT2D eigenvalue weighted by molar-refractivity contribution is -0.127. The molecule has 1 spiro atoms. The summed E-state index contributed by atoms with van der Waals surface area (Å²) in [5.41, 5.74) is 0.322. The van der Waals surface area contributed by atoms with Crippen LogP contribution in [0.25, 0.3) is 0 Å². The van der Waals surface area contributed by atoms with Crippen LogP contribution in [0.15, 0.2) is 0 Å². The van der Waals surface area contributed by atoms with E-state index in [1.807, 2.05) is 0 Å². The van der Waals surface area contributed by atoms with Gasteiger partial charge in [-0.05, 0) is 37.8 Å². The van der Waals surface area contributed by atoms with Gasteiger partial charge >= 0.3 is 0 Å². The lowest BCUT2D eigenvalue weighted by atomic mass is 9.78. The van der Waals surface area contributed by atoms with Crippen molar-refractivity contribution >= 4 is 5.91 Å². The molecule has 2 fully saturated rings. The predicted octanol–water partition coefficient (Wildman–Crippen LogP) is 3.73. The van der Waals surface area contributed by atoms with Crippen LogP contribution in [0.2, 0.25) is 0 Å². The van der Waals surface area contributed by atoms with Gasteiger partial charge in [-0.2, -0.15) is 0 Å². The minimum atomic E-state index is 0.322. The Hall–Kier alpha value is -0.570. The first-order valence-corrected chi connectivity index (χ1v) is 9.24. The number of likely N-dealkylation sites (tertiary alicyclic amines) is 1. The molecular weight excluding hydrogens is 260 g/mol. The molecule has 0 radical (unpaired) electrons. The average molecular weight is 294 g/mol. The van der Waals surface area contributed by atoms with Crippen molar-refractivity contribution in [3.63, 3.8) is 0 Å². The van der Waals surface area contributed by atoms with E-state index >= 15 is 0 Å². The highest BCUT2D eigenvalue weighted by molar-refractivity contribution is 5.79. The minimum absolute atomic E-state index is 0.322. The van der Waals surface area contributed by atoms with Gasteiger partial charge in [0.05, 0.1) is 0 Å². The maximum atomic E-state index is 12.2. The largest absolute Gasteiger partial charge is 0.342 e. The zero-order chi connectivity index (χ0) is 15.0. The Morgan fingerprint density at radius 2 is 1.62 bits per heavy atom. The van der Waals surface area contributed by atoms with Crippen molar-refractivity contribution in [1.82, 2.24) is 10.2 Å². The number of carbonyl (C=O) groups excluding carboxylic acids is 1. The molecule has 0 bridgehead atoms. The molecule has 2 heterocycles. The monoisotopic (exact) mass is 294 g/mol. The van der Waals surface area contributed by atoms with Gasteiger partial charge in [-0.3, -0.25) is 4.79 Å². The first-order valence-electron chi connectivity index (χ1n) is 9.24. The molecule has 3 heteroatoms. The Morgan fingerprint density at radius 1 is 1.00 bits per heavy atom. The van der Waals surface area contributed by atoms with E-state index in [1.165, 1.54) is 64.2 Å². The highest BCUT2D eigenvalue weighted by Gasteiger charge is 2.43. The van der Waals surface area contributed by atoms with Crippen LogP contribution in [-0.2, 0) is 4.79 Å². The predicted molar refractivity (Wildman–Crippen MR) is 88.3 cm³/mol. The number of piperidine rings is 1. The van der Waals surface area contributed by atoms with Crippen LogP contribution in [0.4, 0.5) is 0 Å². The van der Waals surface area contributed by atoms with Gasteiger partial charge < -0.3 is 10.2 Å². The molecule has 21 heavy (non-hydrogen) atoms. The number of amides is 1. The second kappa shape index (κ2) is 8.77. The van der Waals surface area contributed by atoms with Crippen LogP contribution in [0.1, 0.15) is 77.6 Å². The van der Waals surface area contributed by atoms with E-state index in [1.54, 1.807) is 0 Å². The first kappa shape index (κ1) is 16.8. The van der Waals surface area contributed by atoms with E-state index < -0.39 is 0 Å². The van der Waals surface area contributed by atoms with E-state index in [0.717, 1.165) is 32.6 Å². The molecule has 0 aromatic rings. The molecule has 122 valence electrons. The molecular formula is C18H34N2O. The lowest BCUT2D eigenvalue weighted by Gasteiger charge is -2.33. The normalized spacial score (nSPS) is 21.4. The van der Waals surface area contributed by atoms with E-state index in [2.05, 4.69) is 17.1 Å². The summed E-state index contributed by atoms with van der Waals surface area (Å²) in [5.74, 6) is 0.417. The van der Waals surface area contributed by atoms with Gasteiger partial charge in [0.15, 0.2) is 0 Å². The van der Waals surface area contributed by atoms with Crippen molar-refractivity contribution in [2.24, 2.45) is 5.41 Å². The van der Waals surface area contributed by atoms with Gasteiger partial charge in [0.2, 0.25) is 5.91 Å². The van der Waals surface area contributed by atoms with Crippen molar-refractivity contribution in [2.45, 2.75) is 77.6 Å². The number of nitrogens with one attached hydrogen (secondary N) is 1. The van der Waals surface area contributed by atoms with E-state index in [-0.39, 0.29) is 0 Å². The standard InChI is InChI=1S/C18H34N2O/c1-2-3-4-5-6-7-8-9-14-20-16-18(15-17(20)21)10-12-19-13-11-18/h19H,2-16H2,1H3. The fourth-order valence-electron chi connectivity index (χ4n) is 3.91. The van der Waals surface area contributed by atoms with Crippen LogP contribution in [0, 0.1) is 5.41 Å². The van der Waals surface area contributed by atoms with Gasteiger partial charge in [0, 0.05) is 19.5 Å². The van der Waals surface area contributed by atoms with E-state index in [0.29, 0.717) is 11.3 Å². The van der Waals surface area contributed by atoms with Gasteiger partial charge in [0.25, 0.3) is 0 Å². The number of hydrogen-bond donors (Lipinski definition) is 1. The topological polar surface area (TPSA) is 32.3 Å². The van der Waals surface area contributed by atoms with Gasteiger partial charge in [0.1, 0.15) is 0 Å². The second-order valence-corrected chi connectivity index (χ2v) is 7.22. The van der Waals surface area contributed by atoms with Gasteiger partial charge in [-0.25, -0.2) is 0 Å². The summed E-state index contributed by atoms with van der Waals surface area (Å²) in [4.78, 5) is 14.3. The molecule has 0 aromatic heterocycles. The number of nitrogens with zero attached hydrogens (tertiary/aromatic N) is 1. The van der Waals surface area contributed by atoms with Gasteiger partial charge in [-0.1, -0.05) is 51.9 Å². The summed E-state index contributed by atoms with van der Waals surface area (Å²) in [6, 6.07) is 0. The maximum absolute atomic E-state index is 12.2. The number of rotatable bonds is 9. The van der Waals surface area contributed by atoms with E-state index in [4.69, 9.17) is 0 Å². The Labute approximate surface area is 130 Å². The SMILES string of the molecule is CCCCCCCCCCN1CC2(CCNCC2)CC1=O. The summed E-state index contributed by atoms with van der Waals surface area (Å²) in [7, 11) is 0. The number of carbonyl (C=O) groups is 1. The average Bonchev–Trinajstić information content (AvgIpc) is 2.78. The number of unbranched alkanes of at least 4 members (excludes halogenated alkanes) is 7. The molecule has 0 atom stereocenters. The molecule has 3 nitrogen and oxygen atoms in total. The van der Waals surface area contributed by atoms with Crippen molar-refractivity contribution in [3.8, 4) is 0 Å². The lowest BCUT2D eigenvalue weighted by Crippen LogP contribution is -2.38. The van der Waals surface area contributed by atoms with E-state index in [9.17, 15) is 4.79 Å². The Morgan fingerprint density at radius 3 is 2.29 bits per heavy atom. The van der Waals surface area contributed by atoms with Crippen LogP contribution in [0.5, 0.6) is 0 Å². The maximum Gasteiger partial charge on any atom is 0.223 e. The molecule has 2 saturated heterocycles. The molecule has 1 amide bonds. The van der Waals surface area contributed by atoms with Crippen LogP contribution < -0.4 is 5.32 Å². The molecule has 1 N–H and O–H groups in total. The fraction of sp³-hybridized carbons (Fsp3) is 0.944. The third-order valence-electron chi connectivity index (χ3n) is 5.35. The summed E-state index contributed by atoms with van der Waals surface area (Å²) in [5, 5.41) is 3.42. The number of hydrogen-bond acceptors (Lipinski definition) is 2. The quantitative estimate of drug-likeness (QED) is 0.657.